The largest absolute Gasteiger partial charge is 0.508 e. The van der Waals surface area contributed by atoms with E-state index in [9.17, 15) is 9.90 Å². The van der Waals surface area contributed by atoms with E-state index in [1.54, 1.807) is 18.2 Å². The van der Waals surface area contributed by atoms with Crippen LogP contribution in [0.3, 0.4) is 0 Å². The minimum atomic E-state index is 0.107. The molecule has 1 aromatic rings. The fourth-order valence-corrected chi connectivity index (χ4v) is 6.68. The third kappa shape index (κ3) is 6.28. The molecule has 1 unspecified atom stereocenters. The fraction of sp³-hybridized carbons (Fsp3) is 0.640. The van der Waals surface area contributed by atoms with E-state index >= 15 is 0 Å². The van der Waals surface area contributed by atoms with E-state index in [1.807, 2.05) is 18.2 Å². The van der Waals surface area contributed by atoms with Gasteiger partial charge in [-0.2, -0.15) is 11.8 Å². The number of nitrogens with zero attached hydrogens (tertiary/aromatic N) is 1. The molecule has 1 saturated carbocycles. The predicted octanol–water partition coefficient (Wildman–Crippen LogP) is 6.27. The molecule has 0 spiro atoms. The summed E-state index contributed by atoms with van der Waals surface area (Å²) >= 11 is 2.15. The summed E-state index contributed by atoms with van der Waals surface area (Å²) < 4.78 is 0.252. The van der Waals surface area contributed by atoms with Gasteiger partial charge >= 0.3 is 0 Å². The maximum absolute atomic E-state index is 13.0. The van der Waals surface area contributed by atoms with E-state index in [2.05, 4.69) is 23.6 Å². The molecule has 29 heavy (non-hydrogen) atoms. The lowest BCUT2D eigenvalue weighted by molar-refractivity contribution is -0.126. The van der Waals surface area contributed by atoms with Crippen LogP contribution in [0.15, 0.2) is 30.3 Å². The van der Waals surface area contributed by atoms with Crippen LogP contribution in [0.5, 0.6) is 5.75 Å². The highest BCUT2D eigenvalue weighted by Gasteiger charge is 2.43. The lowest BCUT2D eigenvalue weighted by atomic mass is 9.80. The maximum Gasteiger partial charge on any atom is 0.246 e. The quantitative estimate of drug-likeness (QED) is 0.557. The third-order valence-electron chi connectivity index (χ3n) is 6.70. The molecule has 160 valence electrons. The number of carbonyl (C=O) groups is 1. The van der Waals surface area contributed by atoms with Crippen molar-refractivity contribution in [2.75, 3.05) is 18.8 Å². The van der Waals surface area contributed by atoms with Crippen molar-refractivity contribution in [3.8, 4) is 5.75 Å². The molecule has 1 N–H and O–H groups in total. The summed E-state index contributed by atoms with van der Waals surface area (Å²) in [5.74, 6) is 2.34. The molecule has 2 aliphatic rings. The molecule has 3 rings (SSSR count). The van der Waals surface area contributed by atoms with Crippen molar-refractivity contribution < 1.29 is 9.90 Å². The van der Waals surface area contributed by atoms with Gasteiger partial charge < -0.3 is 10.0 Å². The van der Waals surface area contributed by atoms with Crippen LogP contribution >= 0.6 is 11.8 Å². The Hall–Kier alpha value is -1.42. The molecule has 0 radical (unpaired) electrons. The number of hydrogen-bond acceptors (Lipinski definition) is 3. The summed E-state index contributed by atoms with van der Waals surface area (Å²) in [7, 11) is 0. The van der Waals surface area contributed by atoms with Gasteiger partial charge in [0.15, 0.2) is 0 Å². The molecule has 0 bridgehead atoms. The Morgan fingerprint density at radius 2 is 1.76 bits per heavy atom. The molecule has 1 amide bonds. The van der Waals surface area contributed by atoms with Gasteiger partial charge in [-0.15, -0.1) is 0 Å². The Balaban J connectivity index is 1.69. The Labute approximate surface area is 181 Å². The molecular weight excluding hydrogens is 378 g/mol. The zero-order chi connectivity index (χ0) is 20.5. The highest BCUT2D eigenvalue weighted by Crippen LogP contribution is 2.48. The Morgan fingerprint density at radius 1 is 1.10 bits per heavy atom. The molecule has 1 aliphatic carbocycles. The number of aromatic hydroxyl groups is 1. The SMILES string of the molecule is CCN(CC1(C2CCCCCCCC2)CCCS1)C(=O)/C=C/c1ccc(O)cc1. The smallest absolute Gasteiger partial charge is 0.246 e. The predicted molar refractivity (Wildman–Crippen MR) is 124 cm³/mol. The zero-order valence-electron chi connectivity index (χ0n) is 17.9. The maximum atomic E-state index is 13.0. The third-order valence-corrected chi connectivity index (χ3v) is 8.43. The monoisotopic (exact) mass is 415 g/mol. The minimum Gasteiger partial charge on any atom is -0.508 e. The Kier molecular flexibility index (Phi) is 8.53. The highest BCUT2D eigenvalue weighted by atomic mass is 32.2. The van der Waals surface area contributed by atoms with Gasteiger partial charge in [-0.25, -0.2) is 0 Å². The number of amides is 1. The summed E-state index contributed by atoms with van der Waals surface area (Å²) in [6.07, 6.45) is 17.0. The second kappa shape index (κ2) is 11.1. The van der Waals surface area contributed by atoms with E-state index in [1.165, 1.54) is 70.0 Å². The molecule has 0 aromatic heterocycles. The van der Waals surface area contributed by atoms with Crippen LogP contribution in [0.25, 0.3) is 6.08 Å². The molecular formula is C25H37NO2S. The summed E-state index contributed by atoms with van der Waals surface area (Å²) in [5, 5.41) is 9.43. The molecule has 1 heterocycles. The van der Waals surface area contributed by atoms with Crippen LogP contribution in [0.2, 0.25) is 0 Å². The molecule has 1 aromatic carbocycles. The van der Waals surface area contributed by atoms with Crippen LogP contribution in [-0.2, 0) is 4.79 Å². The van der Waals surface area contributed by atoms with Crippen LogP contribution in [-0.4, -0.2) is 39.5 Å². The molecule has 3 nitrogen and oxygen atoms in total. The number of hydrogen-bond donors (Lipinski definition) is 1. The number of rotatable bonds is 6. The van der Waals surface area contributed by atoms with Gasteiger partial charge in [0.2, 0.25) is 5.91 Å². The van der Waals surface area contributed by atoms with Crippen LogP contribution in [0.4, 0.5) is 0 Å². The van der Waals surface area contributed by atoms with Gasteiger partial charge in [0.05, 0.1) is 0 Å². The van der Waals surface area contributed by atoms with Crippen LogP contribution in [0.1, 0.15) is 76.7 Å². The first-order valence-corrected chi connectivity index (χ1v) is 12.5. The van der Waals surface area contributed by atoms with E-state index in [0.717, 1.165) is 24.6 Å². The zero-order valence-corrected chi connectivity index (χ0v) is 18.8. The number of phenolic OH excluding ortho intramolecular Hbond substituents is 1. The number of carbonyl (C=O) groups excluding carboxylic acids is 1. The number of thioether (sulfide) groups is 1. The second-order valence-electron chi connectivity index (χ2n) is 8.69. The van der Waals surface area contributed by atoms with E-state index < -0.39 is 0 Å². The number of benzene rings is 1. The van der Waals surface area contributed by atoms with Gasteiger partial charge in [-0.05, 0) is 68.0 Å². The first kappa shape index (κ1) is 22.3. The summed E-state index contributed by atoms with van der Waals surface area (Å²) in [5.41, 5.74) is 0.938. The molecule has 1 atom stereocenters. The van der Waals surface area contributed by atoms with E-state index in [4.69, 9.17) is 0 Å². The standard InChI is InChI=1S/C25H37NO2S/c1-2-26(24(28)17-14-21-12-15-23(27)16-13-21)20-25(18-9-19-29-25)22-10-7-5-3-4-6-8-11-22/h12-17,22,27H,2-11,18-20H2,1H3/b17-14+. The van der Waals surface area contributed by atoms with Crippen molar-refractivity contribution in [1.29, 1.82) is 0 Å². The average Bonchev–Trinajstić information content (AvgIpc) is 3.25. The van der Waals surface area contributed by atoms with Crippen molar-refractivity contribution in [3.63, 3.8) is 0 Å². The second-order valence-corrected chi connectivity index (χ2v) is 10.2. The van der Waals surface area contributed by atoms with Crippen molar-refractivity contribution in [1.82, 2.24) is 4.90 Å². The summed E-state index contributed by atoms with van der Waals surface area (Å²) in [6.45, 7) is 3.74. The molecule has 1 saturated heterocycles. The van der Waals surface area contributed by atoms with Crippen LogP contribution in [0, 0.1) is 5.92 Å². The van der Waals surface area contributed by atoms with Gasteiger partial charge in [0.1, 0.15) is 5.75 Å². The van der Waals surface area contributed by atoms with Crippen molar-refractivity contribution in [3.05, 3.63) is 35.9 Å². The lowest BCUT2D eigenvalue weighted by Crippen LogP contribution is -2.46. The topological polar surface area (TPSA) is 40.5 Å². The van der Waals surface area contributed by atoms with Gasteiger partial charge in [0, 0.05) is 23.9 Å². The normalized spacial score (nSPS) is 24.2. The first-order valence-electron chi connectivity index (χ1n) is 11.5. The van der Waals surface area contributed by atoms with Gasteiger partial charge in [-0.1, -0.05) is 50.7 Å². The van der Waals surface area contributed by atoms with Gasteiger partial charge in [-0.3, -0.25) is 4.79 Å². The Morgan fingerprint density at radius 3 is 2.34 bits per heavy atom. The highest BCUT2D eigenvalue weighted by molar-refractivity contribution is 8.00. The number of phenols is 1. The summed E-state index contributed by atoms with van der Waals surface area (Å²) in [6, 6.07) is 6.98. The van der Waals surface area contributed by atoms with Crippen LogP contribution < -0.4 is 0 Å². The van der Waals surface area contributed by atoms with E-state index in [0.29, 0.717) is 0 Å². The van der Waals surface area contributed by atoms with E-state index in [-0.39, 0.29) is 16.4 Å². The van der Waals surface area contributed by atoms with Crippen molar-refractivity contribution in [2.24, 2.45) is 5.92 Å². The summed E-state index contributed by atoms with van der Waals surface area (Å²) in [4.78, 5) is 15.0. The number of likely N-dealkylation sites (N-methyl/N-ethyl adjacent to an activating group) is 1. The van der Waals surface area contributed by atoms with Crippen molar-refractivity contribution in [2.45, 2.75) is 75.9 Å². The fourth-order valence-electron chi connectivity index (χ4n) is 4.98. The molecule has 2 fully saturated rings. The molecule has 1 aliphatic heterocycles. The van der Waals surface area contributed by atoms with Crippen molar-refractivity contribution >= 4 is 23.7 Å². The average molecular weight is 416 g/mol. The molecule has 4 heteroatoms. The first-order chi connectivity index (χ1) is 14.1. The van der Waals surface area contributed by atoms with Gasteiger partial charge in [0.25, 0.3) is 0 Å². The minimum absolute atomic E-state index is 0.107. The lowest BCUT2D eigenvalue weighted by Gasteiger charge is -2.40. The Bertz CT molecular complexity index is 654.